The van der Waals surface area contributed by atoms with Gasteiger partial charge in [0.05, 0.1) is 11.9 Å². The maximum Gasteiger partial charge on any atom is 0.278 e. The Kier molecular flexibility index (Phi) is 5.67. The summed E-state index contributed by atoms with van der Waals surface area (Å²) in [6.45, 7) is 2.92. The van der Waals surface area contributed by atoms with Gasteiger partial charge in [-0.15, -0.1) is 0 Å². The summed E-state index contributed by atoms with van der Waals surface area (Å²) < 4.78 is 0. The van der Waals surface area contributed by atoms with Crippen LogP contribution in [0.15, 0.2) is 60.8 Å². The van der Waals surface area contributed by atoms with E-state index in [9.17, 15) is 9.59 Å². The van der Waals surface area contributed by atoms with Gasteiger partial charge >= 0.3 is 0 Å². The summed E-state index contributed by atoms with van der Waals surface area (Å²) in [7, 11) is 0. The van der Waals surface area contributed by atoms with E-state index in [-0.39, 0.29) is 17.4 Å². The number of benzene rings is 2. The van der Waals surface area contributed by atoms with Crippen LogP contribution in [-0.2, 0) is 0 Å². The number of nitrogens with zero attached hydrogens (tertiary/aromatic N) is 3. The fourth-order valence-corrected chi connectivity index (χ4v) is 3.28. The van der Waals surface area contributed by atoms with E-state index in [0.29, 0.717) is 35.6 Å². The molecule has 2 aromatic carbocycles. The molecular weight excluding hydrogens is 380 g/mol. The fraction of sp³-hybridized carbons (Fsp3) is 0.182. The van der Waals surface area contributed by atoms with Gasteiger partial charge in [0.1, 0.15) is 0 Å². The Hall–Kier alpha value is -3.78. The molecule has 1 aliphatic heterocycles. The van der Waals surface area contributed by atoms with E-state index in [1.807, 2.05) is 29.2 Å². The van der Waals surface area contributed by atoms with E-state index in [1.165, 1.54) is 6.20 Å². The van der Waals surface area contributed by atoms with E-state index >= 15 is 0 Å². The van der Waals surface area contributed by atoms with Crippen LogP contribution in [0.5, 0.6) is 0 Å². The summed E-state index contributed by atoms with van der Waals surface area (Å²) in [5.41, 5.74) is 8.30. The van der Waals surface area contributed by atoms with Gasteiger partial charge in [-0.25, -0.2) is 9.97 Å². The number of nitrogen functional groups attached to an aromatic ring is 1. The molecule has 3 aromatic rings. The van der Waals surface area contributed by atoms with Gasteiger partial charge in [-0.1, -0.05) is 30.3 Å². The highest BCUT2D eigenvalue weighted by Crippen LogP contribution is 2.21. The zero-order chi connectivity index (χ0) is 20.9. The van der Waals surface area contributed by atoms with Gasteiger partial charge in [-0.3, -0.25) is 9.59 Å². The Labute approximate surface area is 174 Å². The molecule has 2 heterocycles. The predicted molar refractivity (Wildman–Crippen MR) is 115 cm³/mol. The van der Waals surface area contributed by atoms with Crippen molar-refractivity contribution in [2.75, 3.05) is 37.2 Å². The maximum atomic E-state index is 12.8. The Bertz CT molecular complexity index is 1060. The number of rotatable bonds is 4. The molecule has 8 heteroatoms. The van der Waals surface area contributed by atoms with Crippen molar-refractivity contribution in [3.8, 4) is 11.3 Å². The van der Waals surface area contributed by atoms with Crippen LogP contribution in [0.4, 0.5) is 11.5 Å². The number of amides is 2. The molecule has 0 unspecified atom stereocenters. The van der Waals surface area contributed by atoms with Crippen LogP contribution in [0.3, 0.4) is 0 Å². The largest absolute Gasteiger partial charge is 0.382 e. The molecule has 30 heavy (non-hydrogen) atoms. The van der Waals surface area contributed by atoms with Crippen LogP contribution in [0, 0.1) is 0 Å². The standard InChI is InChI=1S/C22H22N6O2/c23-20-19(21(29)26-17-7-2-1-3-8-17)27-18(14-25-20)15-5-4-6-16(13-15)22(30)28-11-9-24-10-12-28/h1-8,13-14,24H,9-12H2,(H2,23,25)(H,26,29). The number of hydrogen-bond donors (Lipinski definition) is 3. The quantitative estimate of drug-likeness (QED) is 0.615. The van der Waals surface area contributed by atoms with Crippen molar-refractivity contribution in [1.29, 1.82) is 0 Å². The van der Waals surface area contributed by atoms with E-state index in [0.717, 1.165) is 13.1 Å². The molecule has 4 rings (SSSR count). The van der Waals surface area contributed by atoms with Crippen LogP contribution in [0.1, 0.15) is 20.8 Å². The van der Waals surface area contributed by atoms with E-state index in [1.54, 1.807) is 30.3 Å². The highest BCUT2D eigenvalue weighted by molar-refractivity contribution is 6.06. The Morgan fingerprint density at radius 1 is 1.03 bits per heavy atom. The lowest BCUT2D eigenvalue weighted by atomic mass is 10.1. The molecule has 4 N–H and O–H groups in total. The SMILES string of the molecule is Nc1ncc(-c2cccc(C(=O)N3CCNCC3)c2)nc1C(=O)Nc1ccccc1. The first-order chi connectivity index (χ1) is 14.6. The minimum absolute atomic E-state index is 0.0243. The number of carbonyl (C=O) groups is 2. The average Bonchev–Trinajstić information content (AvgIpc) is 2.80. The van der Waals surface area contributed by atoms with Crippen LogP contribution < -0.4 is 16.4 Å². The van der Waals surface area contributed by atoms with Crippen molar-refractivity contribution in [2.24, 2.45) is 0 Å². The molecule has 152 valence electrons. The van der Waals surface area contributed by atoms with Crippen molar-refractivity contribution in [2.45, 2.75) is 0 Å². The smallest absolute Gasteiger partial charge is 0.278 e. The Morgan fingerprint density at radius 3 is 2.57 bits per heavy atom. The van der Waals surface area contributed by atoms with Gasteiger partial charge < -0.3 is 21.3 Å². The fourth-order valence-electron chi connectivity index (χ4n) is 3.28. The minimum Gasteiger partial charge on any atom is -0.382 e. The van der Waals surface area contributed by atoms with Crippen LogP contribution in [0.2, 0.25) is 0 Å². The maximum absolute atomic E-state index is 12.8. The van der Waals surface area contributed by atoms with Crippen LogP contribution in [0.25, 0.3) is 11.3 Å². The highest BCUT2D eigenvalue weighted by Gasteiger charge is 2.19. The molecule has 0 atom stereocenters. The number of hydrogen-bond acceptors (Lipinski definition) is 6. The van der Waals surface area contributed by atoms with Crippen molar-refractivity contribution in [3.63, 3.8) is 0 Å². The first-order valence-corrected chi connectivity index (χ1v) is 9.71. The third-order valence-electron chi connectivity index (χ3n) is 4.86. The molecule has 0 bridgehead atoms. The third-order valence-corrected chi connectivity index (χ3v) is 4.86. The molecule has 1 aliphatic rings. The second-order valence-corrected chi connectivity index (χ2v) is 6.93. The monoisotopic (exact) mass is 402 g/mol. The minimum atomic E-state index is -0.443. The molecule has 1 fully saturated rings. The second-order valence-electron chi connectivity index (χ2n) is 6.93. The second kappa shape index (κ2) is 8.71. The molecule has 0 radical (unpaired) electrons. The summed E-state index contributed by atoms with van der Waals surface area (Å²) in [4.78, 5) is 35.8. The Balaban J connectivity index is 1.59. The number of nitrogens with two attached hydrogens (primary N) is 1. The lowest BCUT2D eigenvalue weighted by Gasteiger charge is -2.27. The van der Waals surface area contributed by atoms with Gasteiger partial charge in [-0.05, 0) is 24.3 Å². The zero-order valence-corrected chi connectivity index (χ0v) is 16.3. The first-order valence-electron chi connectivity index (χ1n) is 9.71. The molecule has 2 amide bonds. The summed E-state index contributed by atoms with van der Waals surface area (Å²) in [6, 6.07) is 16.2. The zero-order valence-electron chi connectivity index (χ0n) is 16.3. The summed E-state index contributed by atoms with van der Waals surface area (Å²) >= 11 is 0. The number of anilines is 2. The number of aromatic nitrogens is 2. The molecule has 1 aromatic heterocycles. The predicted octanol–water partition coefficient (Wildman–Crippen LogP) is 2.02. The van der Waals surface area contributed by atoms with Crippen molar-refractivity contribution in [1.82, 2.24) is 20.2 Å². The van der Waals surface area contributed by atoms with Gasteiger partial charge in [0.15, 0.2) is 11.5 Å². The van der Waals surface area contributed by atoms with Crippen molar-refractivity contribution >= 4 is 23.3 Å². The van der Waals surface area contributed by atoms with Gasteiger partial charge in [0.2, 0.25) is 0 Å². The van der Waals surface area contributed by atoms with E-state index in [2.05, 4.69) is 20.6 Å². The number of nitrogens with one attached hydrogen (secondary N) is 2. The van der Waals surface area contributed by atoms with Crippen LogP contribution in [-0.4, -0.2) is 52.9 Å². The topological polar surface area (TPSA) is 113 Å². The number of para-hydroxylation sites is 1. The normalized spacial score (nSPS) is 13.7. The molecular formula is C22H22N6O2. The van der Waals surface area contributed by atoms with Gasteiger partial charge in [0, 0.05) is 43.0 Å². The molecule has 0 aliphatic carbocycles. The lowest BCUT2D eigenvalue weighted by molar-refractivity contribution is 0.0735. The molecule has 8 nitrogen and oxygen atoms in total. The van der Waals surface area contributed by atoms with Crippen LogP contribution >= 0.6 is 0 Å². The lowest BCUT2D eigenvalue weighted by Crippen LogP contribution is -2.46. The summed E-state index contributed by atoms with van der Waals surface area (Å²) in [5, 5.41) is 6.00. The average molecular weight is 402 g/mol. The summed E-state index contributed by atoms with van der Waals surface area (Å²) in [5.74, 6) is -0.426. The Morgan fingerprint density at radius 2 is 1.80 bits per heavy atom. The van der Waals surface area contributed by atoms with E-state index in [4.69, 9.17) is 5.73 Å². The molecule has 0 spiro atoms. The van der Waals surface area contributed by atoms with Crippen molar-refractivity contribution < 1.29 is 9.59 Å². The molecule has 1 saturated heterocycles. The first kappa shape index (κ1) is 19.5. The third kappa shape index (κ3) is 4.28. The molecule has 0 saturated carbocycles. The number of carbonyl (C=O) groups excluding carboxylic acids is 2. The van der Waals surface area contributed by atoms with Gasteiger partial charge in [0.25, 0.3) is 11.8 Å². The number of piperazine rings is 1. The summed E-state index contributed by atoms with van der Waals surface area (Å²) in [6.07, 6.45) is 1.50. The van der Waals surface area contributed by atoms with Gasteiger partial charge in [-0.2, -0.15) is 0 Å². The van der Waals surface area contributed by atoms with E-state index < -0.39 is 5.91 Å². The highest BCUT2D eigenvalue weighted by atomic mass is 16.2. The van der Waals surface area contributed by atoms with Crippen molar-refractivity contribution in [3.05, 3.63) is 72.1 Å².